The molecule has 0 bridgehead atoms. The Hall–Kier alpha value is 0.734. The van der Waals surface area contributed by atoms with Gasteiger partial charge in [-0.15, -0.1) is 0 Å². The van der Waals surface area contributed by atoms with E-state index in [1.54, 1.807) is 0 Å². The topological polar surface area (TPSA) is 74.1 Å². The van der Waals surface area contributed by atoms with Gasteiger partial charge >= 0.3 is 46.9 Å². The molecule has 3 nitrogen and oxygen atoms in total. The van der Waals surface area contributed by atoms with Gasteiger partial charge in [0.15, 0.2) is 0 Å². The van der Waals surface area contributed by atoms with Crippen LogP contribution in [0.2, 0.25) is 0 Å². The smallest absolute Gasteiger partial charge is 2.00 e. The van der Waals surface area contributed by atoms with Crippen LogP contribution in [0.1, 0.15) is 0 Å². The molecule has 0 radical (unpaired) electrons. The summed E-state index contributed by atoms with van der Waals surface area (Å²) in [6.45, 7) is 0. The van der Waals surface area contributed by atoms with Gasteiger partial charge in [0.1, 0.15) is 0 Å². The Balaban J connectivity index is -0.00000000667. The number of hydrogen-bond acceptors (Lipinski definition) is 1. The van der Waals surface area contributed by atoms with Gasteiger partial charge < -0.3 is 11.0 Å². The Morgan fingerprint density at radius 3 is 1.33 bits per heavy atom. The SMILES string of the molecule is O=[C]=[Fe].[O-2].[O-2].[Ti+4]. The van der Waals surface area contributed by atoms with Gasteiger partial charge in [0.05, 0.1) is 0 Å². The number of hydrogen-bond donors (Lipinski definition) is 0. The summed E-state index contributed by atoms with van der Waals surface area (Å²) in [7, 11) is 0. The van der Waals surface area contributed by atoms with E-state index in [0.29, 0.717) is 0 Å². The van der Waals surface area contributed by atoms with Crippen molar-refractivity contribution in [3.8, 4) is 0 Å². The first-order chi connectivity index (χ1) is 1.41. The molecule has 5 heteroatoms. The van der Waals surface area contributed by atoms with Gasteiger partial charge in [0.2, 0.25) is 0 Å². The molecule has 0 atom stereocenters. The minimum atomic E-state index is 0. The first kappa shape index (κ1) is 29.6. The molecule has 34 valence electrons. The van der Waals surface area contributed by atoms with Crippen molar-refractivity contribution < 1.29 is 53.0 Å². The molecule has 0 heterocycles. The fourth-order valence-corrected chi connectivity index (χ4v) is 0. The van der Waals surface area contributed by atoms with E-state index in [4.69, 9.17) is 4.79 Å². The number of rotatable bonds is 0. The summed E-state index contributed by atoms with van der Waals surface area (Å²) in [5.74, 6) is 0. The van der Waals surface area contributed by atoms with Crippen LogP contribution in [0, 0.1) is 0 Å². The zero-order chi connectivity index (χ0) is 2.71. The van der Waals surface area contributed by atoms with Crippen molar-refractivity contribution in [2.45, 2.75) is 0 Å². The third kappa shape index (κ3) is 123. The molecule has 6 heavy (non-hydrogen) atoms. The first-order valence-electron chi connectivity index (χ1n) is 0.381. The normalized spacial score (nSPS) is 1.50. The Morgan fingerprint density at radius 1 is 1.33 bits per heavy atom. The largest absolute Gasteiger partial charge is 4.00 e. The summed E-state index contributed by atoms with van der Waals surface area (Å²) in [5.41, 5.74) is 0. The average molecular weight is 164 g/mol. The summed E-state index contributed by atoms with van der Waals surface area (Å²) < 4.78 is 0. The van der Waals surface area contributed by atoms with Crippen molar-refractivity contribution in [3.63, 3.8) is 0 Å². The Kier molecular flexibility index (Phi) is 211. The van der Waals surface area contributed by atoms with Gasteiger partial charge in [-0.3, -0.25) is 0 Å². The molecule has 0 aliphatic rings. The van der Waals surface area contributed by atoms with Gasteiger partial charge in [0.25, 0.3) is 0 Å². The monoisotopic (exact) mass is 164 g/mol. The summed E-state index contributed by atoms with van der Waals surface area (Å²) in [6, 6.07) is 0. The maximum Gasteiger partial charge on any atom is 4.00 e. The van der Waals surface area contributed by atoms with Crippen LogP contribution >= 0.6 is 0 Å². The second-order valence-electron chi connectivity index (χ2n) is 0.0722. The van der Waals surface area contributed by atoms with Gasteiger partial charge in [-0.25, -0.2) is 0 Å². The number of carbonyl (C=O) groups excluding carboxylic acids is 1. The molecule has 0 rings (SSSR count). The van der Waals surface area contributed by atoms with Crippen LogP contribution < -0.4 is 0 Å². The Labute approximate surface area is 58.0 Å². The summed E-state index contributed by atoms with van der Waals surface area (Å²) in [5, 5.41) is 0. The van der Waals surface area contributed by atoms with E-state index in [-0.39, 0.29) is 32.7 Å². The van der Waals surface area contributed by atoms with Crippen molar-refractivity contribution in [2.75, 3.05) is 0 Å². The first-order valence-corrected chi connectivity index (χ1v) is 0.933. The maximum atomic E-state index is 8.57. The zero-order valence-corrected chi connectivity index (χ0v) is 5.24. The molecule has 0 spiro atoms. The van der Waals surface area contributed by atoms with Crippen molar-refractivity contribution >= 4 is 4.79 Å². The fraction of sp³-hybridized carbons (Fsp3) is 0. The van der Waals surface area contributed by atoms with E-state index in [1.165, 1.54) is 4.79 Å². The summed E-state index contributed by atoms with van der Waals surface area (Å²) >= 11 is 2.68. The molecular weight excluding hydrogens is 164 g/mol. The van der Waals surface area contributed by atoms with Crippen LogP contribution in [0.25, 0.3) is 0 Å². The predicted octanol–water partition coefficient (Wildman–Crippen LogP) is -0.640. The standard InChI is InChI=1S/CO.Fe.2O.Ti/c1-2;;;;/q;;2*-2;+4. The van der Waals surface area contributed by atoms with E-state index in [9.17, 15) is 0 Å². The molecule has 0 saturated carbocycles. The molecule has 0 fully saturated rings. The quantitative estimate of drug-likeness (QED) is 0.438. The van der Waals surface area contributed by atoms with Crippen LogP contribution in [0.3, 0.4) is 0 Å². The second kappa shape index (κ2) is 42.7. The molecule has 0 N–H and O–H groups in total. The fourth-order valence-electron chi connectivity index (χ4n) is 0. The van der Waals surface area contributed by atoms with E-state index in [0.717, 1.165) is 0 Å². The predicted molar refractivity (Wildman–Crippen MR) is 7.07 cm³/mol. The molecule has 0 aliphatic heterocycles. The van der Waals surface area contributed by atoms with Crippen LogP contribution in [-0.4, -0.2) is 4.79 Å². The van der Waals surface area contributed by atoms with Gasteiger partial charge in [-0.05, 0) is 0 Å². The van der Waals surface area contributed by atoms with Crippen LogP contribution in [0.5, 0.6) is 0 Å². The minimum Gasteiger partial charge on any atom is -2.00 e. The molecule has 0 unspecified atom stereocenters. The van der Waals surface area contributed by atoms with E-state index in [2.05, 4.69) is 15.6 Å². The minimum absolute atomic E-state index is 0. The van der Waals surface area contributed by atoms with Crippen molar-refractivity contribution in [1.82, 2.24) is 0 Å². The molecule has 0 aromatic carbocycles. The van der Waals surface area contributed by atoms with Gasteiger partial charge in [0, 0.05) is 0 Å². The van der Waals surface area contributed by atoms with Crippen LogP contribution in [0.15, 0.2) is 0 Å². The van der Waals surface area contributed by atoms with Crippen LogP contribution in [0.4, 0.5) is 0 Å². The second-order valence-corrected chi connectivity index (χ2v) is 0.298. The Morgan fingerprint density at radius 2 is 1.33 bits per heavy atom. The molecule has 0 saturated heterocycles. The van der Waals surface area contributed by atoms with Crippen molar-refractivity contribution in [2.24, 2.45) is 0 Å². The molecule has 0 amide bonds. The molecule has 0 aromatic heterocycles. The van der Waals surface area contributed by atoms with E-state index >= 15 is 0 Å². The summed E-state index contributed by atoms with van der Waals surface area (Å²) in [4.78, 5) is 9.82. The molecule has 0 aromatic rings. The van der Waals surface area contributed by atoms with Crippen molar-refractivity contribution in [3.05, 3.63) is 0 Å². The third-order valence-corrected chi connectivity index (χ3v) is 0. The molecular formula is CFeO3Ti. The van der Waals surface area contributed by atoms with Crippen LogP contribution in [-0.2, 0) is 53.0 Å². The average Bonchev–Trinajstić information content (AvgIpc) is 0.918. The summed E-state index contributed by atoms with van der Waals surface area (Å²) in [6.07, 6.45) is 0. The van der Waals surface area contributed by atoms with E-state index in [1.807, 2.05) is 0 Å². The zero-order valence-electron chi connectivity index (χ0n) is 2.58. The van der Waals surface area contributed by atoms with Gasteiger partial charge in [-0.2, -0.15) is 0 Å². The van der Waals surface area contributed by atoms with Crippen molar-refractivity contribution in [1.29, 1.82) is 0 Å². The third-order valence-electron chi connectivity index (χ3n) is 0. The van der Waals surface area contributed by atoms with E-state index < -0.39 is 0 Å². The Bertz CT molecular complexity index is 31.8. The maximum absolute atomic E-state index is 8.57. The molecule has 0 aliphatic carbocycles. The van der Waals surface area contributed by atoms with Gasteiger partial charge in [-0.1, -0.05) is 0 Å².